The van der Waals surface area contributed by atoms with Gasteiger partial charge in [0.25, 0.3) is 11.7 Å². The first-order chi connectivity index (χ1) is 17.0. The van der Waals surface area contributed by atoms with E-state index in [-0.39, 0.29) is 16.9 Å². The Morgan fingerprint density at radius 2 is 1.66 bits per heavy atom. The predicted octanol–water partition coefficient (Wildman–Crippen LogP) is 4.88. The number of methoxy groups -OCH3 is 2. The number of Topliss-reactive ketones (excluding diaryl/α,β-unsaturated/α-hetero) is 1. The zero-order chi connectivity index (χ0) is 24.5. The van der Waals surface area contributed by atoms with Crippen LogP contribution in [0.15, 0.2) is 90.8 Å². The molecular weight excluding hydrogens is 444 g/mol. The molecule has 2 heterocycles. The lowest BCUT2D eigenvalue weighted by Gasteiger charge is -2.26. The average Bonchev–Trinajstić information content (AvgIpc) is 3.18. The van der Waals surface area contributed by atoms with Gasteiger partial charge in [0.05, 0.1) is 37.1 Å². The fraction of sp³-hybridized carbons (Fsp3) is 0.107. The lowest BCUT2D eigenvalue weighted by Crippen LogP contribution is -2.29. The third kappa shape index (κ3) is 3.67. The van der Waals surface area contributed by atoms with Crippen LogP contribution in [0.25, 0.3) is 16.5 Å². The molecule has 0 bridgehead atoms. The third-order valence-corrected chi connectivity index (χ3v) is 6.15. The van der Waals surface area contributed by atoms with E-state index < -0.39 is 17.7 Å². The Morgan fingerprint density at radius 1 is 0.914 bits per heavy atom. The highest BCUT2D eigenvalue weighted by Crippen LogP contribution is 2.45. The molecule has 1 aromatic heterocycles. The second-order valence-corrected chi connectivity index (χ2v) is 8.01. The highest BCUT2D eigenvalue weighted by Gasteiger charge is 2.47. The number of hydrogen-bond acceptors (Lipinski definition) is 6. The molecule has 1 saturated heterocycles. The van der Waals surface area contributed by atoms with Gasteiger partial charge in [-0.05, 0) is 47.3 Å². The summed E-state index contributed by atoms with van der Waals surface area (Å²) in [6.07, 6.45) is 3.18. The first-order valence-electron chi connectivity index (χ1n) is 11.0. The number of aliphatic hydroxyl groups is 1. The van der Waals surface area contributed by atoms with E-state index in [0.29, 0.717) is 22.7 Å². The van der Waals surface area contributed by atoms with Gasteiger partial charge in [0.2, 0.25) is 0 Å². The fourth-order valence-corrected chi connectivity index (χ4v) is 4.50. The number of hydrogen-bond donors (Lipinski definition) is 1. The number of fused-ring (bicyclic) bond motifs is 1. The van der Waals surface area contributed by atoms with Gasteiger partial charge in [-0.25, -0.2) is 0 Å². The van der Waals surface area contributed by atoms with Gasteiger partial charge in [-0.1, -0.05) is 36.4 Å². The molecule has 7 nitrogen and oxygen atoms in total. The number of ketones is 1. The van der Waals surface area contributed by atoms with Crippen LogP contribution in [0.1, 0.15) is 17.2 Å². The van der Waals surface area contributed by atoms with Gasteiger partial charge in [0.1, 0.15) is 17.3 Å². The van der Waals surface area contributed by atoms with Crippen LogP contribution in [0.2, 0.25) is 0 Å². The molecule has 1 aliphatic heterocycles. The number of benzene rings is 3. The number of nitrogens with zero attached hydrogens (tertiary/aromatic N) is 2. The molecule has 3 aromatic carbocycles. The lowest BCUT2D eigenvalue weighted by atomic mass is 9.95. The summed E-state index contributed by atoms with van der Waals surface area (Å²) in [7, 11) is 2.97. The summed E-state index contributed by atoms with van der Waals surface area (Å²) in [6, 6.07) is 20.7. The Bertz CT molecular complexity index is 1470. The number of amides is 1. The number of carbonyl (C=O) groups excluding carboxylic acids is 2. The molecule has 0 saturated carbocycles. The molecule has 1 unspecified atom stereocenters. The number of carbonyl (C=O) groups is 2. The largest absolute Gasteiger partial charge is 0.507 e. The summed E-state index contributed by atoms with van der Waals surface area (Å²) in [5.74, 6) is -1.05. The second-order valence-electron chi connectivity index (χ2n) is 8.01. The van der Waals surface area contributed by atoms with Crippen LogP contribution in [-0.2, 0) is 9.59 Å². The standard InChI is InChI=1S/C28H22N2O5/c1-34-19-10-11-23(35-2)21(16-19)26(31)24-25(18-12-14-29-15-13-18)30(28(33)27(24)32)22-9-5-7-17-6-3-4-8-20(17)22/h3-16,25,31H,1-2H3/b26-24+. The van der Waals surface area contributed by atoms with Gasteiger partial charge < -0.3 is 14.6 Å². The van der Waals surface area contributed by atoms with Crippen molar-refractivity contribution in [3.8, 4) is 11.5 Å². The molecular formula is C28H22N2O5. The number of pyridine rings is 1. The smallest absolute Gasteiger partial charge is 0.300 e. The molecule has 0 spiro atoms. The summed E-state index contributed by atoms with van der Waals surface area (Å²) < 4.78 is 10.7. The minimum atomic E-state index is -0.875. The first-order valence-corrected chi connectivity index (χ1v) is 11.0. The van der Waals surface area contributed by atoms with Gasteiger partial charge in [-0.3, -0.25) is 19.5 Å². The van der Waals surface area contributed by atoms with Crippen LogP contribution in [0, 0.1) is 0 Å². The predicted molar refractivity (Wildman–Crippen MR) is 133 cm³/mol. The Kier molecular flexibility index (Phi) is 5.66. The average molecular weight is 466 g/mol. The molecule has 1 aliphatic rings. The zero-order valence-corrected chi connectivity index (χ0v) is 19.1. The maximum Gasteiger partial charge on any atom is 0.300 e. The second kappa shape index (κ2) is 8.95. The number of aromatic nitrogens is 1. The van der Waals surface area contributed by atoms with E-state index in [4.69, 9.17) is 9.47 Å². The van der Waals surface area contributed by atoms with Crippen LogP contribution in [0.3, 0.4) is 0 Å². The topological polar surface area (TPSA) is 89.0 Å². The quantitative estimate of drug-likeness (QED) is 0.256. The summed E-state index contributed by atoms with van der Waals surface area (Å²) >= 11 is 0. The number of anilines is 1. The van der Waals surface area contributed by atoms with E-state index in [1.807, 2.05) is 36.4 Å². The molecule has 174 valence electrons. The van der Waals surface area contributed by atoms with Gasteiger partial charge in [0, 0.05) is 17.8 Å². The summed E-state index contributed by atoms with van der Waals surface area (Å²) in [4.78, 5) is 32.5. The molecule has 1 amide bonds. The van der Waals surface area contributed by atoms with Crippen molar-refractivity contribution in [2.75, 3.05) is 19.1 Å². The van der Waals surface area contributed by atoms with Crippen molar-refractivity contribution in [3.05, 3.63) is 102 Å². The van der Waals surface area contributed by atoms with Gasteiger partial charge in [0.15, 0.2) is 0 Å². The minimum absolute atomic E-state index is 0.0410. The summed E-state index contributed by atoms with van der Waals surface area (Å²) in [5, 5.41) is 13.2. The van der Waals surface area contributed by atoms with Crippen LogP contribution < -0.4 is 14.4 Å². The summed E-state index contributed by atoms with van der Waals surface area (Å²) in [5.41, 5.74) is 1.42. The van der Waals surface area contributed by atoms with Gasteiger partial charge in [-0.2, -0.15) is 0 Å². The number of rotatable bonds is 5. The molecule has 7 heteroatoms. The van der Waals surface area contributed by atoms with E-state index >= 15 is 0 Å². The zero-order valence-electron chi connectivity index (χ0n) is 19.1. The first kappa shape index (κ1) is 22.2. The Labute approximate surface area is 201 Å². The monoisotopic (exact) mass is 466 g/mol. The highest BCUT2D eigenvalue weighted by molar-refractivity contribution is 6.52. The van der Waals surface area contributed by atoms with E-state index in [2.05, 4.69) is 4.98 Å². The molecule has 1 fully saturated rings. The minimum Gasteiger partial charge on any atom is -0.507 e. The third-order valence-electron chi connectivity index (χ3n) is 6.15. The molecule has 0 aliphatic carbocycles. The van der Waals surface area contributed by atoms with E-state index in [1.165, 1.54) is 19.1 Å². The van der Waals surface area contributed by atoms with Crippen LogP contribution >= 0.6 is 0 Å². The molecule has 35 heavy (non-hydrogen) atoms. The number of aliphatic hydroxyl groups excluding tert-OH is 1. The van der Waals surface area contributed by atoms with Crippen LogP contribution in [0.4, 0.5) is 5.69 Å². The van der Waals surface area contributed by atoms with Crippen LogP contribution in [0.5, 0.6) is 11.5 Å². The summed E-state index contributed by atoms with van der Waals surface area (Å²) in [6.45, 7) is 0. The molecule has 1 atom stereocenters. The van der Waals surface area contributed by atoms with Crippen molar-refractivity contribution < 1.29 is 24.2 Å². The van der Waals surface area contributed by atoms with Crippen molar-refractivity contribution in [1.29, 1.82) is 0 Å². The maximum absolute atomic E-state index is 13.5. The van der Waals surface area contributed by atoms with Gasteiger partial charge >= 0.3 is 0 Å². The normalized spacial score (nSPS) is 17.1. The van der Waals surface area contributed by atoms with E-state index in [1.54, 1.807) is 48.8 Å². The van der Waals surface area contributed by atoms with E-state index in [0.717, 1.165) is 10.8 Å². The maximum atomic E-state index is 13.5. The van der Waals surface area contributed by atoms with Crippen molar-refractivity contribution in [3.63, 3.8) is 0 Å². The highest BCUT2D eigenvalue weighted by atomic mass is 16.5. The van der Waals surface area contributed by atoms with Crippen molar-refractivity contribution in [2.24, 2.45) is 0 Å². The van der Waals surface area contributed by atoms with Crippen molar-refractivity contribution in [1.82, 2.24) is 4.98 Å². The Hall–Kier alpha value is -4.65. The fourth-order valence-electron chi connectivity index (χ4n) is 4.50. The van der Waals surface area contributed by atoms with Gasteiger partial charge in [-0.15, -0.1) is 0 Å². The van der Waals surface area contributed by atoms with Crippen molar-refractivity contribution >= 4 is 33.9 Å². The molecule has 5 rings (SSSR count). The lowest BCUT2D eigenvalue weighted by molar-refractivity contribution is -0.132. The van der Waals surface area contributed by atoms with Crippen molar-refractivity contribution in [2.45, 2.75) is 6.04 Å². The van der Waals surface area contributed by atoms with Crippen LogP contribution in [-0.4, -0.2) is 36.0 Å². The Balaban J connectivity index is 1.79. The van der Waals surface area contributed by atoms with E-state index in [9.17, 15) is 14.7 Å². The molecule has 1 N–H and O–H groups in total. The Morgan fingerprint density at radius 3 is 2.40 bits per heavy atom. The molecule has 4 aromatic rings. The number of ether oxygens (including phenoxy) is 2. The molecule has 0 radical (unpaired) electrons. The SMILES string of the molecule is COc1ccc(OC)c(/C(O)=C2\C(=O)C(=O)N(c3cccc4ccccc34)C2c2ccncc2)c1.